The lowest BCUT2D eigenvalue weighted by molar-refractivity contribution is -0.138. The van der Waals surface area contributed by atoms with Crippen molar-refractivity contribution in [2.24, 2.45) is 0 Å². The minimum atomic E-state index is -0.679. The number of carboxylic acids is 2. The van der Waals surface area contributed by atoms with Crippen molar-refractivity contribution in [2.75, 3.05) is 0 Å². The zero-order valence-corrected chi connectivity index (χ0v) is 16.3. The lowest BCUT2D eigenvalue weighted by atomic mass is 10.0. The largest absolute Gasteiger partial charge is 0.481 e. The van der Waals surface area contributed by atoms with E-state index in [0.717, 1.165) is 25.7 Å². The van der Waals surface area contributed by atoms with E-state index in [-0.39, 0.29) is 0 Å². The first-order valence-corrected chi connectivity index (χ1v) is 10.0. The molecule has 0 atom stereocenters. The molecular formula is C21H40O4. The van der Waals surface area contributed by atoms with Gasteiger partial charge in [0.1, 0.15) is 0 Å². The van der Waals surface area contributed by atoms with Crippen LogP contribution in [0.2, 0.25) is 0 Å². The normalized spacial score (nSPS) is 9.96. The quantitative estimate of drug-likeness (QED) is 0.228. The summed E-state index contributed by atoms with van der Waals surface area (Å²) in [5.41, 5.74) is 0. The van der Waals surface area contributed by atoms with Crippen LogP contribution in [-0.4, -0.2) is 22.2 Å². The van der Waals surface area contributed by atoms with Crippen molar-refractivity contribution >= 4 is 11.9 Å². The Balaban J connectivity index is 0. The number of hydrogen-bond donors (Lipinski definition) is 2. The molecule has 0 aliphatic carbocycles. The molecule has 0 aromatic heterocycles. The third-order valence-corrected chi connectivity index (χ3v) is 4.03. The maximum Gasteiger partial charge on any atom is 0.303 e. The van der Waals surface area contributed by atoms with Crippen LogP contribution in [-0.2, 0) is 9.59 Å². The van der Waals surface area contributed by atoms with Gasteiger partial charge in [0, 0.05) is 12.8 Å². The number of aliphatic carboxylic acids is 2. The second kappa shape index (κ2) is 22.7. The molecule has 0 aliphatic rings. The van der Waals surface area contributed by atoms with Gasteiger partial charge in [-0.05, 0) is 19.8 Å². The zero-order valence-electron chi connectivity index (χ0n) is 16.3. The molecule has 0 aromatic carbocycles. The Morgan fingerprint density at radius 1 is 0.600 bits per heavy atom. The number of unbranched alkanes of at least 4 members (excludes halogenated alkanes) is 13. The molecule has 0 saturated carbocycles. The molecule has 148 valence electrons. The van der Waals surface area contributed by atoms with Gasteiger partial charge < -0.3 is 10.2 Å². The SMILES string of the molecule is C=CC.O=C(O)CCCCCCCCCCCCCCCCC(=O)O. The molecule has 0 saturated heterocycles. The molecule has 0 rings (SSSR count). The van der Waals surface area contributed by atoms with Crippen molar-refractivity contribution < 1.29 is 19.8 Å². The second-order valence-electron chi connectivity index (χ2n) is 6.65. The van der Waals surface area contributed by atoms with E-state index < -0.39 is 11.9 Å². The first-order chi connectivity index (χ1) is 12.0. The van der Waals surface area contributed by atoms with Gasteiger partial charge in [0.05, 0.1) is 0 Å². The predicted molar refractivity (Wildman–Crippen MR) is 105 cm³/mol. The van der Waals surface area contributed by atoms with E-state index in [1.165, 1.54) is 64.2 Å². The molecule has 4 heteroatoms. The van der Waals surface area contributed by atoms with Gasteiger partial charge in [-0.3, -0.25) is 9.59 Å². The van der Waals surface area contributed by atoms with E-state index in [1.807, 2.05) is 6.92 Å². The molecule has 0 radical (unpaired) electrons. The molecule has 0 amide bonds. The summed E-state index contributed by atoms with van der Waals surface area (Å²) in [6.07, 6.45) is 18.7. The van der Waals surface area contributed by atoms with E-state index in [9.17, 15) is 9.59 Å². The van der Waals surface area contributed by atoms with Gasteiger partial charge in [0.2, 0.25) is 0 Å². The monoisotopic (exact) mass is 356 g/mol. The molecule has 4 nitrogen and oxygen atoms in total. The van der Waals surface area contributed by atoms with Crippen molar-refractivity contribution in [3.8, 4) is 0 Å². The van der Waals surface area contributed by atoms with Gasteiger partial charge in [-0.15, -0.1) is 6.58 Å². The lowest BCUT2D eigenvalue weighted by Gasteiger charge is -2.03. The highest BCUT2D eigenvalue weighted by atomic mass is 16.4. The molecule has 25 heavy (non-hydrogen) atoms. The average molecular weight is 357 g/mol. The Bertz CT molecular complexity index is 285. The van der Waals surface area contributed by atoms with Crippen LogP contribution in [0.4, 0.5) is 0 Å². The third-order valence-electron chi connectivity index (χ3n) is 4.03. The Labute approximate surface area is 154 Å². The Morgan fingerprint density at radius 2 is 0.760 bits per heavy atom. The van der Waals surface area contributed by atoms with Crippen LogP contribution in [0.25, 0.3) is 0 Å². The molecule has 0 heterocycles. The van der Waals surface area contributed by atoms with Crippen LogP contribution < -0.4 is 0 Å². The molecule has 0 fully saturated rings. The summed E-state index contributed by atoms with van der Waals surface area (Å²) in [6.45, 7) is 5.25. The fraction of sp³-hybridized carbons (Fsp3) is 0.810. The van der Waals surface area contributed by atoms with E-state index in [4.69, 9.17) is 10.2 Å². The molecule has 0 aliphatic heterocycles. The second-order valence-corrected chi connectivity index (χ2v) is 6.65. The maximum absolute atomic E-state index is 10.3. The third kappa shape index (κ3) is 31.0. The number of carboxylic acid groups (broad SMARTS) is 2. The van der Waals surface area contributed by atoms with Crippen molar-refractivity contribution in [2.45, 2.75) is 110 Å². The summed E-state index contributed by atoms with van der Waals surface area (Å²) in [4.78, 5) is 20.7. The van der Waals surface area contributed by atoms with Crippen molar-refractivity contribution in [3.05, 3.63) is 12.7 Å². The van der Waals surface area contributed by atoms with Crippen molar-refractivity contribution in [3.63, 3.8) is 0 Å². The number of hydrogen-bond acceptors (Lipinski definition) is 2. The van der Waals surface area contributed by atoms with Gasteiger partial charge in [0.25, 0.3) is 0 Å². The summed E-state index contributed by atoms with van der Waals surface area (Å²) in [7, 11) is 0. The summed E-state index contributed by atoms with van der Waals surface area (Å²) < 4.78 is 0. The Morgan fingerprint density at radius 3 is 0.920 bits per heavy atom. The van der Waals surface area contributed by atoms with Gasteiger partial charge >= 0.3 is 11.9 Å². The summed E-state index contributed by atoms with van der Waals surface area (Å²) in [5.74, 6) is -1.36. The topological polar surface area (TPSA) is 74.6 Å². The lowest BCUT2D eigenvalue weighted by Crippen LogP contribution is -1.93. The molecule has 0 spiro atoms. The highest BCUT2D eigenvalue weighted by molar-refractivity contribution is 5.66. The standard InChI is InChI=1S/C18H34O4.C3H6/c19-17(20)15-13-11-9-7-5-3-1-2-4-6-8-10-12-14-16-18(21)22;1-3-2/h1-16H2,(H,19,20)(H,21,22);3H,1H2,2H3. The first kappa shape index (κ1) is 25.9. The van der Waals surface area contributed by atoms with Crippen molar-refractivity contribution in [1.29, 1.82) is 0 Å². The van der Waals surface area contributed by atoms with Crippen LogP contribution >= 0.6 is 0 Å². The van der Waals surface area contributed by atoms with Crippen LogP contribution in [0.1, 0.15) is 110 Å². The number of rotatable bonds is 17. The van der Waals surface area contributed by atoms with E-state index in [1.54, 1.807) is 6.08 Å². The van der Waals surface area contributed by atoms with E-state index in [2.05, 4.69) is 6.58 Å². The highest BCUT2D eigenvalue weighted by Crippen LogP contribution is 2.13. The fourth-order valence-electron chi connectivity index (χ4n) is 2.67. The summed E-state index contributed by atoms with van der Waals surface area (Å²) >= 11 is 0. The van der Waals surface area contributed by atoms with Gasteiger partial charge in [-0.2, -0.15) is 0 Å². The summed E-state index contributed by atoms with van der Waals surface area (Å²) in [6, 6.07) is 0. The van der Waals surface area contributed by atoms with Crippen LogP contribution in [0.3, 0.4) is 0 Å². The first-order valence-electron chi connectivity index (χ1n) is 10.0. The van der Waals surface area contributed by atoms with Gasteiger partial charge in [-0.1, -0.05) is 83.1 Å². The number of carbonyl (C=O) groups is 2. The predicted octanol–water partition coefficient (Wildman–Crippen LogP) is 6.59. The zero-order chi connectivity index (χ0) is 19.2. The Kier molecular flexibility index (Phi) is 23.5. The minimum absolute atomic E-state index is 0.316. The van der Waals surface area contributed by atoms with Crippen LogP contribution in [0.5, 0.6) is 0 Å². The highest BCUT2D eigenvalue weighted by Gasteiger charge is 1.98. The molecule has 2 N–H and O–H groups in total. The molecule has 0 unspecified atom stereocenters. The van der Waals surface area contributed by atoms with Crippen molar-refractivity contribution in [1.82, 2.24) is 0 Å². The van der Waals surface area contributed by atoms with E-state index in [0.29, 0.717) is 12.8 Å². The Hall–Kier alpha value is -1.32. The van der Waals surface area contributed by atoms with Gasteiger partial charge in [0.15, 0.2) is 0 Å². The maximum atomic E-state index is 10.3. The number of allylic oxidation sites excluding steroid dienone is 1. The average Bonchev–Trinajstić information content (AvgIpc) is 2.54. The smallest absolute Gasteiger partial charge is 0.303 e. The van der Waals surface area contributed by atoms with Crippen LogP contribution in [0.15, 0.2) is 12.7 Å². The molecule has 0 bridgehead atoms. The fourth-order valence-corrected chi connectivity index (χ4v) is 2.67. The minimum Gasteiger partial charge on any atom is -0.481 e. The van der Waals surface area contributed by atoms with E-state index >= 15 is 0 Å². The molecular weight excluding hydrogens is 316 g/mol. The van der Waals surface area contributed by atoms with Gasteiger partial charge in [-0.25, -0.2) is 0 Å². The molecule has 0 aromatic rings. The van der Waals surface area contributed by atoms with Crippen LogP contribution in [0, 0.1) is 0 Å². The summed E-state index contributed by atoms with van der Waals surface area (Å²) in [5, 5.41) is 17.0.